The monoisotopic (exact) mass is 318 g/mol. The number of carbonyl (C=O) groups excluding carboxylic acids is 1. The third-order valence-electron chi connectivity index (χ3n) is 2.91. The van der Waals surface area contributed by atoms with E-state index in [0.717, 1.165) is 15.7 Å². The lowest BCUT2D eigenvalue weighted by Crippen LogP contribution is -2.10. The normalized spacial score (nSPS) is 10.2. The van der Waals surface area contributed by atoms with Gasteiger partial charge in [-0.25, -0.2) is 0 Å². The fourth-order valence-electron chi connectivity index (χ4n) is 1.81. The first-order valence-electron chi connectivity index (χ1n) is 5.95. The van der Waals surface area contributed by atoms with Gasteiger partial charge in [0.2, 0.25) is 5.91 Å². The maximum atomic E-state index is 11.0. The highest BCUT2D eigenvalue weighted by molar-refractivity contribution is 9.10. The highest BCUT2D eigenvalue weighted by Gasteiger charge is 2.01. The van der Waals surface area contributed by atoms with Gasteiger partial charge < -0.3 is 11.1 Å². The first kappa shape index (κ1) is 13.6. The molecule has 0 aliphatic rings. The molecule has 3 nitrogen and oxygen atoms in total. The maximum Gasteiger partial charge on any atom is 0.248 e. The van der Waals surface area contributed by atoms with E-state index < -0.39 is 5.91 Å². The van der Waals surface area contributed by atoms with E-state index >= 15 is 0 Å². The molecule has 0 unspecified atom stereocenters. The minimum Gasteiger partial charge on any atom is -0.381 e. The van der Waals surface area contributed by atoms with Crippen molar-refractivity contribution < 1.29 is 4.79 Å². The lowest BCUT2D eigenvalue weighted by Gasteiger charge is -2.10. The lowest BCUT2D eigenvalue weighted by molar-refractivity contribution is 0.100. The highest BCUT2D eigenvalue weighted by atomic mass is 79.9. The van der Waals surface area contributed by atoms with Crippen LogP contribution in [0.1, 0.15) is 21.5 Å². The summed E-state index contributed by atoms with van der Waals surface area (Å²) in [5.41, 5.74) is 9.12. The van der Waals surface area contributed by atoms with Crippen molar-refractivity contribution in [2.24, 2.45) is 5.73 Å². The van der Waals surface area contributed by atoms with E-state index in [1.54, 1.807) is 12.1 Å². The number of benzene rings is 2. The van der Waals surface area contributed by atoms with Gasteiger partial charge in [0.05, 0.1) is 0 Å². The molecule has 0 aromatic heterocycles. The molecule has 0 bridgehead atoms. The zero-order chi connectivity index (χ0) is 13.8. The third kappa shape index (κ3) is 3.58. The minimum atomic E-state index is -0.400. The predicted molar refractivity (Wildman–Crippen MR) is 81.2 cm³/mol. The van der Waals surface area contributed by atoms with Gasteiger partial charge in [0.25, 0.3) is 0 Å². The van der Waals surface area contributed by atoms with E-state index in [2.05, 4.69) is 34.2 Å². The van der Waals surface area contributed by atoms with Gasteiger partial charge in [0.15, 0.2) is 0 Å². The van der Waals surface area contributed by atoms with Crippen molar-refractivity contribution in [3.8, 4) is 0 Å². The average molecular weight is 319 g/mol. The largest absolute Gasteiger partial charge is 0.381 e. The molecule has 0 heterocycles. The minimum absolute atomic E-state index is 0.400. The second kappa shape index (κ2) is 5.89. The summed E-state index contributed by atoms with van der Waals surface area (Å²) in [7, 11) is 0. The number of hydrogen-bond acceptors (Lipinski definition) is 2. The summed E-state index contributed by atoms with van der Waals surface area (Å²) >= 11 is 3.44. The fraction of sp³-hybridized carbons (Fsp3) is 0.133. The van der Waals surface area contributed by atoms with Gasteiger partial charge in [-0.05, 0) is 48.4 Å². The lowest BCUT2D eigenvalue weighted by atomic mass is 10.1. The van der Waals surface area contributed by atoms with Crippen molar-refractivity contribution >= 4 is 27.5 Å². The Morgan fingerprint density at radius 3 is 2.47 bits per heavy atom. The molecule has 98 valence electrons. The molecule has 0 aliphatic carbocycles. The number of rotatable bonds is 4. The zero-order valence-electron chi connectivity index (χ0n) is 10.6. The van der Waals surface area contributed by atoms with E-state index in [-0.39, 0.29) is 0 Å². The summed E-state index contributed by atoms with van der Waals surface area (Å²) < 4.78 is 1.07. The molecule has 2 aromatic rings. The summed E-state index contributed by atoms with van der Waals surface area (Å²) in [6, 6.07) is 13.4. The summed E-state index contributed by atoms with van der Waals surface area (Å²) in [4.78, 5) is 11.0. The number of carbonyl (C=O) groups is 1. The molecular formula is C15H15BrN2O. The van der Waals surface area contributed by atoms with Crippen molar-refractivity contribution in [3.05, 3.63) is 63.6 Å². The molecule has 0 saturated heterocycles. The molecule has 0 atom stereocenters. The highest BCUT2D eigenvalue weighted by Crippen LogP contribution is 2.20. The van der Waals surface area contributed by atoms with Gasteiger partial charge in [-0.3, -0.25) is 4.79 Å². The van der Waals surface area contributed by atoms with Gasteiger partial charge in [-0.1, -0.05) is 28.1 Å². The quantitative estimate of drug-likeness (QED) is 0.906. The first-order chi connectivity index (χ1) is 9.06. The summed E-state index contributed by atoms with van der Waals surface area (Å²) in [5.74, 6) is -0.400. The second-order valence-electron chi connectivity index (χ2n) is 4.37. The molecule has 3 N–H and O–H groups in total. The van der Waals surface area contributed by atoms with Crippen molar-refractivity contribution in [3.63, 3.8) is 0 Å². The fourth-order valence-corrected chi connectivity index (χ4v) is 2.29. The summed E-state index contributed by atoms with van der Waals surface area (Å²) in [6.45, 7) is 2.77. The zero-order valence-corrected chi connectivity index (χ0v) is 12.2. The van der Waals surface area contributed by atoms with Crippen molar-refractivity contribution in [2.75, 3.05) is 5.32 Å². The Balaban J connectivity index is 2.04. The van der Waals surface area contributed by atoms with Gasteiger partial charge in [0.1, 0.15) is 0 Å². The number of primary amides is 1. The maximum absolute atomic E-state index is 11.0. The van der Waals surface area contributed by atoms with E-state index in [1.165, 1.54) is 5.56 Å². The van der Waals surface area contributed by atoms with E-state index in [0.29, 0.717) is 12.1 Å². The van der Waals surface area contributed by atoms with Crippen LogP contribution in [-0.4, -0.2) is 5.91 Å². The van der Waals surface area contributed by atoms with Crippen LogP contribution < -0.4 is 11.1 Å². The topological polar surface area (TPSA) is 55.1 Å². The second-order valence-corrected chi connectivity index (χ2v) is 5.29. The molecule has 1 amide bonds. The smallest absolute Gasteiger partial charge is 0.248 e. The van der Waals surface area contributed by atoms with Crippen LogP contribution in [0.25, 0.3) is 0 Å². The number of amides is 1. The molecular weight excluding hydrogens is 304 g/mol. The Morgan fingerprint density at radius 1 is 1.21 bits per heavy atom. The molecule has 0 aliphatic heterocycles. The van der Waals surface area contributed by atoms with Crippen molar-refractivity contribution in [1.82, 2.24) is 0 Å². The summed E-state index contributed by atoms with van der Waals surface area (Å²) in [6.07, 6.45) is 0. The van der Waals surface area contributed by atoms with Crippen LogP contribution in [0.5, 0.6) is 0 Å². The van der Waals surface area contributed by atoms with E-state index in [4.69, 9.17) is 5.73 Å². The molecule has 2 rings (SSSR count). The predicted octanol–water partition coefficient (Wildman–Crippen LogP) is 3.47. The number of hydrogen-bond donors (Lipinski definition) is 2. The Bertz CT molecular complexity index is 594. The Kier molecular flexibility index (Phi) is 4.22. The molecule has 0 radical (unpaired) electrons. The van der Waals surface area contributed by atoms with Gasteiger partial charge in [-0.2, -0.15) is 0 Å². The first-order valence-corrected chi connectivity index (χ1v) is 6.74. The van der Waals surface area contributed by atoms with Crippen LogP contribution in [0.2, 0.25) is 0 Å². The third-order valence-corrected chi connectivity index (χ3v) is 3.40. The average Bonchev–Trinajstić information content (AvgIpc) is 2.38. The van der Waals surface area contributed by atoms with Crippen LogP contribution in [0.4, 0.5) is 5.69 Å². The molecule has 4 heteroatoms. The van der Waals surface area contributed by atoms with E-state index in [9.17, 15) is 4.79 Å². The van der Waals surface area contributed by atoms with Crippen LogP contribution in [0.3, 0.4) is 0 Å². The number of aryl methyl sites for hydroxylation is 1. The molecule has 0 spiro atoms. The number of halogens is 1. The van der Waals surface area contributed by atoms with Crippen molar-refractivity contribution in [2.45, 2.75) is 13.5 Å². The number of anilines is 1. The number of nitrogens with one attached hydrogen (secondary N) is 1. The Morgan fingerprint density at radius 2 is 1.89 bits per heavy atom. The van der Waals surface area contributed by atoms with Crippen LogP contribution in [0.15, 0.2) is 46.9 Å². The van der Waals surface area contributed by atoms with E-state index in [1.807, 2.05) is 24.3 Å². The molecule has 0 fully saturated rings. The van der Waals surface area contributed by atoms with Crippen LogP contribution in [0, 0.1) is 6.92 Å². The van der Waals surface area contributed by atoms with Crippen LogP contribution in [-0.2, 0) is 6.54 Å². The van der Waals surface area contributed by atoms with Gasteiger partial charge in [0, 0.05) is 22.3 Å². The summed E-state index contributed by atoms with van der Waals surface area (Å²) in [5, 5.41) is 3.37. The molecule has 19 heavy (non-hydrogen) atoms. The van der Waals surface area contributed by atoms with Gasteiger partial charge in [-0.15, -0.1) is 0 Å². The van der Waals surface area contributed by atoms with Crippen molar-refractivity contribution in [1.29, 1.82) is 0 Å². The Labute approximate surface area is 121 Å². The molecule has 0 saturated carbocycles. The standard InChI is InChI=1S/C15H15BrN2O/c1-10-8-13(16)6-7-14(10)18-9-11-2-4-12(5-3-11)15(17)19/h2-8,18H,9H2,1H3,(H2,17,19). The van der Waals surface area contributed by atoms with Gasteiger partial charge >= 0.3 is 0 Å². The SMILES string of the molecule is Cc1cc(Br)ccc1NCc1ccc(C(N)=O)cc1. The van der Waals surface area contributed by atoms with Crippen LogP contribution >= 0.6 is 15.9 Å². The molecule has 2 aromatic carbocycles. The Hall–Kier alpha value is -1.81. The number of nitrogens with two attached hydrogens (primary N) is 1.